The topological polar surface area (TPSA) is 97.1 Å². The molecule has 156 valence electrons. The average molecular weight is 433 g/mol. The molecule has 1 saturated carbocycles. The van der Waals surface area contributed by atoms with Crippen LogP contribution in [0.25, 0.3) is 22.1 Å². The fourth-order valence-electron chi connectivity index (χ4n) is 3.46. The number of hydrogen-bond donors (Lipinski definition) is 2. The standard InChI is InChI=1S/C23H20N4O3S/c1-13-2-3-15(22(29)25-16-5-6-16)10-18(13)14-4-7-17-19(27-30-20(17)11-14)12-21(28)26-23-24-8-9-31-23/h2-4,7-11,16H,5-6,12H2,1H3,(H,25,29)(H,24,26,28). The van der Waals surface area contributed by atoms with Crippen molar-refractivity contribution < 1.29 is 14.1 Å². The Kier molecular flexibility index (Phi) is 4.99. The van der Waals surface area contributed by atoms with Crippen LogP contribution in [-0.2, 0) is 11.2 Å². The minimum atomic E-state index is -0.195. The minimum absolute atomic E-state index is 0.0435. The lowest BCUT2D eigenvalue weighted by Crippen LogP contribution is -2.25. The summed E-state index contributed by atoms with van der Waals surface area (Å²) in [5.41, 5.74) is 4.77. The van der Waals surface area contributed by atoms with Crippen LogP contribution in [0.5, 0.6) is 0 Å². The van der Waals surface area contributed by atoms with Gasteiger partial charge < -0.3 is 15.2 Å². The molecule has 8 heteroatoms. The summed E-state index contributed by atoms with van der Waals surface area (Å²) in [7, 11) is 0. The molecule has 0 radical (unpaired) electrons. The molecule has 2 N–H and O–H groups in total. The summed E-state index contributed by atoms with van der Waals surface area (Å²) in [6, 6.07) is 11.8. The molecule has 0 atom stereocenters. The molecule has 0 spiro atoms. The van der Waals surface area contributed by atoms with Crippen molar-refractivity contribution in [1.82, 2.24) is 15.5 Å². The van der Waals surface area contributed by atoms with Crippen LogP contribution in [0.2, 0.25) is 0 Å². The van der Waals surface area contributed by atoms with Crippen LogP contribution in [0, 0.1) is 6.92 Å². The molecule has 2 amide bonds. The lowest BCUT2D eigenvalue weighted by molar-refractivity contribution is -0.115. The maximum atomic E-state index is 12.4. The molecule has 2 aromatic heterocycles. The van der Waals surface area contributed by atoms with E-state index in [0.717, 1.165) is 34.9 Å². The number of aryl methyl sites for hydroxylation is 1. The van der Waals surface area contributed by atoms with Crippen molar-refractivity contribution in [3.8, 4) is 11.1 Å². The molecule has 5 rings (SSSR count). The van der Waals surface area contributed by atoms with E-state index < -0.39 is 0 Å². The van der Waals surface area contributed by atoms with Gasteiger partial charge in [-0.2, -0.15) is 0 Å². The fourth-order valence-corrected chi connectivity index (χ4v) is 4.00. The number of nitrogens with zero attached hydrogens (tertiary/aromatic N) is 2. The van der Waals surface area contributed by atoms with Crippen molar-refractivity contribution in [2.24, 2.45) is 0 Å². The van der Waals surface area contributed by atoms with Crippen molar-refractivity contribution in [2.75, 3.05) is 5.32 Å². The number of amides is 2. The number of carbonyl (C=O) groups is 2. The van der Waals surface area contributed by atoms with E-state index in [9.17, 15) is 9.59 Å². The first-order chi connectivity index (χ1) is 15.1. The van der Waals surface area contributed by atoms with Crippen LogP contribution in [0.4, 0.5) is 5.13 Å². The molecule has 7 nitrogen and oxygen atoms in total. The van der Waals surface area contributed by atoms with Crippen molar-refractivity contribution in [2.45, 2.75) is 32.2 Å². The fraction of sp³-hybridized carbons (Fsp3) is 0.217. The van der Waals surface area contributed by atoms with Gasteiger partial charge in [0.25, 0.3) is 5.91 Å². The Morgan fingerprint density at radius 1 is 1.19 bits per heavy atom. The van der Waals surface area contributed by atoms with E-state index in [0.29, 0.717) is 28.0 Å². The molecular weight excluding hydrogens is 412 g/mol. The maximum absolute atomic E-state index is 12.4. The van der Waals surface area contributed by atoms with Crippen LogP contribution in [0.15, 0.2) is 52.5 Å². The smallest absolute Gasteiger partial charge is 0.251 e. The molecule has 2 aromatic carbocycles. The minimum Gasteiger partial charge on any atom is -0.356 e. The first-order valence-electron chi connectivity index (χ1n) is 10.1. The van der Waals surface area contributed by atoms with E-state index in [2.05, 4.69) is 20.8 Å². The molecule has 1 fully saturated rings. The van der Waals surface area contributed by atoms with Gasteiger partial charge in [-0.05, 0) is 60.7 Å². The van der Waals surface area contributed by atoms with Crippen LogP contribution in [0.3, 0.4) is 0 Å². The molecule has 0 aliphatic heterocycles. The first kappa shape index (κ1) is 19.4. The molecule has 1 aliphatic carbocycles. The van der Waals surface area contributed by atoms with Crippen molar-refractivity contribution in [1.29, 1.82) is 0 Å². The third-order valence-corrected chi connectivity index (χ3v) is 5.97. The third kappa shape index (κ3) is 4.20. The number of benzene rings is 2. The van der Waals surface area contributed by atoms with E-state index in [-0.39, 0.29) is 18.2 Å². The third-order valence-electron chi connectivity index (χ3n) is 5.28. The number of nitrogens with one attached hydrogen (secondary N) is 2. The second-order valence-electron chi connectivity index (χ2n) is 7.68. The zero-order chi connectivity index (χ0) is 21.4. The van der Waals surface area contributed by atoms with E-state index in [1.807, 2.05) is 43.3 Å². The van der Waals surface area contributed by atoms with Gasteiger partial charge in [-0.25, -0.2) is 4.98 Å². The Morgan fingerprint density at radius 2 is 2.06 bits per heavy atom. The van der Waals surface area contributed by atoms with Gasteiger partial charge in [0.05, 0.1) is 6.42 Å². The maximum Gasteiger partial charge on any atom is 0.251 e. The Balaban J connectivity index is 1.39. The predicted octanol–water partition coefficient (Wildman–Crippen LogP) is 4.33. The van der Waals surface area contributed by atoms with Crippen LogP contribution >= 0.6 is 11.3 Å². The zero-order valence-corrected chi connectivity index (χ0v) is 17.7. The summed E-state index contributed by atoms with van der Waals surface area (Å²) in [6.07, 6.45) is 3.84. The summed E-state index contributed by atoms with van der Waals surface area (Å²) < 4.78 is 5.50. The Labute approximate surface area is 182 Å². The van der Waals surface area contributed by atoms with Crippen LogP contribution < -0.4 is 10.6 Å². The van der Waals surface area contributed by atoms with Gasteiger partial charge in [-0.1, -0.05) is 17.3 Å². The molecule has 4 aromatic rings. The average Bonchev–Trinajstić information content (AvgIpc) is 3.26. The second-order valence-corrected chi connectivity index (χ2v) is 8.57. The summed E-state index contributed by atoms with van der Waals surface area (Å²) in [5.74, 6) is -0.238. The molecule has 31 heavy (non-hydrogen) atoms. The van der Waals surface area contributed by atoms with Gasteiger partial charge in [0.2, 0.25) is 5.91 Å². The molecule has 1 aliphatic rings. The lowest BCUT2D eigenvalue weighted by Gasteiger charge is -2.10. The highest BCUT2D eigenvalue weighted by Gasteiger charge is 2.24. The predicted molar refractivity (Wildman–Crippen MR) is 119 cm³/mol. The number of hydrogen-bond acceptors (Lipinski definition) is 6. The SMILES string of the molecule is Cc1ccc(C(=O)NC2CC2)cc1-c1ccc2c(CC(=O)Nc3nccs3)noc2c1. The molecular formula is C23H20N4O3S. The summed E-state index contributed by atoms with van der Waals surface area (Å²) in [5, 5.41) is 13.0. The summed E-state index contributed by atoms with van der Waals surface area (Å²) in [4.78, 5) is 28.8. The second kappa shape index (κ2) is 7.96. The van der Waals surface area contributed by atoms with Gasteiger partial charge in [-0.15, -0.1) is 11.3 Å². The molecule has 0 unspecified atom stereocenters. The highest BCUT2D eigenvalue weighted by Crippen LogP contribution is 2.30. The largest absolute Gasteiger partial charge is 0.356 e. The Bertz CT molecular complexity index is 1280. The first-order valence-corrected chi connectivity index (χ1v) is 10.9. The normalized spacial score (nSPS) is 13.3. The molecule has 0 saturated heterocycles. The quantitative estimate of drug-likeness (QED) is 0.473. The number of aromatic nitrogens is 2. The van der Waals surface area contributed by atoms with Gasteiger partial charge in [0.1, 0.15) is 5.69 Å². The van der Waals surface area contributed by atoms with Gasteiger partial charge in [-0.3, -0.25) is 9.59 Å². The van der Waals surface area contributed by atoms with E-state index in [4.69, 9.17) is 4.52 Å². The summed E-state index contributed by atoms with van der Waals surface area (Å²) in [6.45, 7) is 2.01. The number of thiazole rings is 1. The van der Waals surface area contributed by atoms with Gasteiger partial charge in [0, 0.05) is 28.6 Å². The van der Waals surface area contributed by atoms with Crippen molar-refractivity contribution in [3.05, 3.63) is 64.8 Å². The zero-order valence-electron chi connectivity index (χ0n) is 16.8. The van der Waals surface area contributed by atoms with Crippen LogP contribution in [0.1, 0.15) is 34.5 Å². The van der Waals surface area contributed by atoms with E-state index in [1.54, 1.807) is 11.6 Å². The molecule has 2 heterocycles. The number of carbonyl (C=O) groups excluding carboxylic acids is 2. The van der Waals surface area contributed by atoms with Crippen molar-refractivity contribution in [3.63, 3.8) is 0 Å². The number of anilines is 1. The Hall–Kier alpha value is -3.52. The number of rotatable bonds is 6. The summed E-state index contributed by atoms with van der Waals surface area (Å²) >= 11 is 1.36. The number of fused-ring (bicyclic) bond motifs is 1. The van der Waals surface area contributed by atoms with Gasteiger partial charge in [0.15, 0.2) is 10.7 Å². The van der Waals surface area contributed by atoms with Crippen molar-refractivity contribution >= 4 is 39.3 Å². The lowest BCUT2D eigenvalue weighted by atomic mass is 9.97. The monoisotopic (exact) mass is 432 g/mol. The highest BCUT2D eigenvalue weighted by atomic mass is 32.1. The molecule has 0 bridgehead atoms. The highest BCUT2D eigenvalue weighted by molar-refractivity contribution is 7.13. The van der Waals surface area contributed by atoms with E-state index >= 15 is 0 Å². The van der Waals surface area contributed by atoms with Crippen LogP contribution in [-0.4, -0.2) is 28.0 Å². The Morgan fingerprint density at radius 3 is 2.84 bits per heavy atom. The van der Waals surface area contributed by atoms with E-state index in [1.165, 1.54) is 11.3 Å². The van der Waals surface area contributed by atoms with Gasteiger partial charge >= 0.3 is 0 Å².